The molecule has 0 nitrogen and oxygen atoms in total. The van der Waals surface area contributed by atoms with Gasteiger partial charge in [-0.3, -0.25) is 0 Å². The summed E-state index contributed by atoms with van der Waals surface area (Å²) in [5.74, 6) is 2.41. The molecule has 0 aromatic heterocycles. The minimum Gasteiger partial charge on any atom is -0.0950 e. The van der Waals surface area contributed by atoms with Gasteiger partial charge in [0.2, 0.25) is 0 Å². The van der Waals surface area contributed by atoms with Crippen molar-refractivity contribution in [3.8, 4) is 0 Å². The number of rotatable bonds is 4. The van der Waals surface area contributed by atoms with Crippen LogP contribution in [0.4, 0.5) is 0 Å². The minimum atomic E-state index is 0.687. The molecule has 19 heavy (non-hydrogen) atoms. The van der Waals surface area contributed by atoms with Gasteiger partial charge in [-0.25, -0.2) is 0 Å². The standard InChI is InChI=1S/C19H30/c1-5-16-9-11-17(12-10-16)15(4)19-8-6-7-18(13-19)14(2)3/h8,13-14,16-17H,4-7,9-12H2,1-3H3. The molecule has 0 unspecified atom stereocenters. The fourth-order valence-electron chi connectivity index (χ4n) is 3.56. The Hall–Kier alpha value is -0.780. The van der Waals surface area contributed by atoms with Crippen LogP contribution in [0, 0.1) is 17.8 Å². The van der Waals surface area contributed by atoms with Crippen molar-refractivity contribution in [2.75, 3.05) is 0 Å². The van der Waals surface area contributed by atoms with Gasteiger partial charge in [0.25, 0.3) is 0 Å². The second kappa shape index (κ2) is 6.59. The summed E-state index contributed by atoms with van der Waals surface area (Å²) in [6, 6.07) is 0. The van der Waals surface area contributed by atoms with Crippen LogP contribution in [0.25, 0.3) is 0 Å². The molecule has 2 aliphatic carbocycles. The first-order chi connectivity index (χ1) is 9.11. The topological polar surface area (TPSA) is 0 Å². The SMILES string of the molecule is C=C(C1=CCCC(C(C)C)=C1)C1CCC(CC)CC1. The van der Waals surface area contributed by atoms with Crippen molar-refractivity contribution in [1.29, 1.82) is 0 Å². The van der Waals surface area contributed by atoms with E-state index in [9.17, 15) is 0 Å². The van der Waals surface area contributed by atoms with E-state index in [0.717, 1.165) is 11.8 Å². The molecule has 0 heterocycles. The van der Waals surface area contributed by atoms with Gasteiger partial charge < -0.3 is 0 Å². The molecule has 0 heteroatoms. The van der Waals surface area contributed by atoms with E-state index in [-0.39, 0.29) is 0 Å². The molecular formula is C19H30. The molecule has 0 aromatic carbocycles. The fourth-order valence-corrected chi connectivity index (χ4v) is 3.56. The van der Waals surface area contributed by atoms with Gasteiger partial charge >= 0.3 is 0 Å². The van der Waals surface area contributed by atoms with Crippen LogP contribution in [0.2, 0.25) is 0 Å². The van der Waals surface area contributed by atoms with Crippen molar-refractivity contribution < 1.29 is 0 Å². The molecule has 2 aliphatic rings. The Morgan fingerprint density at radius 3 is 2.53 bits per heavy atom. The molecular weight excluding hydrogens is 228 g/mol. The van der Waals surface area contributed by atoms with E-state index in [1.165, 1.54) is 56.1 Å². The number of hydrogen-bond donors (Lipinski definition) is 0. The van der Waals surface area contributed by atoms with E-state index in [4.69, 9.17) is 0 Å². The quantitative estimate of drug-likeness (QED) is 0.575. The highest BCUT2D eigenvalue weighted by molar-refractivity contribution is 5.43. The molecule has 0 saturated heterocycles. The zero-order valence-electron chi connectivity index (χ0n) is 13.0. The van der Waals surface area contributed by atoms with Gasteiger partial charge in [-0.15, -0.1) is 0 Å². The van der Waals surface area contributed by atoms with Crippen LogP contribution in [-0.4, -0.2) is 0 Å². The summed E-state index contributed by atoms with van der Waals surface area (Å²) >= 11 is 0. The van der Waals surface area contributed by atoms with Crippen LogP contribution in [0.1, 0.15) is 65.7 Å². The molecule has 0 spiro atoms. The van der Waals surface area contributed by atoms with Crippen LogP contribution in [0.3, 0.4) is 0 Å². The van der Waals surface area contributed by atoms with Crippen LogP contribution in [-0.2, 0) is 0 Å². The predicted molar refractivity (Wildman–Crippen MR) is 85.1 cm³/mol. The lowest BCUT2D eigenvalue weighted by Crippen LogP contribution is -2.16. The van der Waals surface area contributed by atoms with E-state index in [1.54, 1.807) is 5.57 Å². The van der Waals surface area contributed by atoms with Crippen molar-refractivity contribution in [3.63, 3.8) is 0 Å². The zero-order chi connectivity index (χ0) is 13.8. The zero-order valence-corrected chi connectivity index (χ0v) is 13.0. The summed E-state index contributed by atoms with van der Waals surface area (Å²) in [4.78, 5) is 0. The van der Waals surface area contributed by atoms with Crippen molar-refractivity contribution in [2.24, 2.45) is 17.8 Å². The third-order valence-electron chi connectivity index (χ3n) is 5.17. The maximum absolute atomic E-state index is 4.43. The molecule has 0 aromatic rings. The molecule has 0 atom stereocenters. The fraction of sp³-hybridized carbons (Fsp3) is 0.684. The molecule has 0 amide bonds. The summed E-state index contributed by atoms with van der Waals surface area (Å²) in [6.45, 7) is 11.4. The van der Waals surface area contributed by atoms with Gasteiger partial charge in [0.1, 0.15) is 0 Å². The maximum atomic E-state index is 4.43. The Bertz CT molecular complexity index is 373. The molecule has 0 N–H and O–H groups in total. The molecule has 1 saturated carbocycles. The summed E-state index contributed by atoms with van der Waals surface area (Å²) in [7, 11) is 0. The summed E-state index contributed by atoms with van der Waals surface area (Å²) in [6.07, 6.45) is 14.2. The van der Waals surface area contributed by atoms with Gasteiger partial charge in [-0.2, -0.15) is 0 Å². The van der Waals surface area contributed by atoms with Gasteiger partial charge in [0, 0.05) is 0 Å². The van der Waals surface area contributed by atoms with Crippen LogP contribution in [0.15, 0.2) is 35.5 Å². The van der Waals surface area contributed by atoms with E-state index >= 15 is 0 Å². The second-order valence-corrected chi connectivity index (χ2v) is 6.72. The van der Waals surface area contributed by atoms with Crippen molar-refractivity contribution in [2.45, 2.75) is 65.7 Å². The Labute approximate surface area is 119 Å². The Kier molecular flexibility index (Phi) is 5.07. The minimum absolute atomic E-state index is 0.687. The Balaban J connectivity index is 1.99. The number of allylic oxidation sites excluding steroid dienone is 5. The highest BCUT2D eigenvalue weighted by atomic mass is 14.3. The van der Waals surface area contributed by atoms with E-state index in [0.29, 0.717) is 5.92 Å². The van der Waals surface area contributed by atoms with Crippen molar-refractivity contribution >= 4 is 0 Å². The van der Waals surface area contributed by atoms with E-state index in [1.807, 2.05) is 0 Å². The third kappa shape index (κ3) is 3.61. The lowest BCUT2D eigenvalue weighted by atomic mass is 9.75. The molecule has 106 valence electrons. The summed E-state index contributed by atoms with van der Waals surface area (Å²) in [5.41, 5.74) is 4.49. The first-order valence-corrected chi connectivity index (χ1v) is 8.21. The molecule has 0 bridgehead atoms. The van der Waals surface area contributed by atoms with Gasteiger partial charge in [-0.05, 0) is 67.4 Å². The summed E-state index contributed by atoms with van der Waals surface area (Å²) < 4.78 is 0. The molecule has 2 rings (SSSR count). The normalized spacial score (nSPS) is 28.0. The van der Waals surface area contributed by atoms with Gasteiger partial charge in [0.15, 0.2) is 0 Å². The van der Waals surface area contributed by atoms with E-state index < -0.39 is 0 Å². The van der Waals surface area contributed by atoms with Gasteiger partial charge in [-0.1, -0.05) is 51.5 Å². The Morgan fingerprint density at radius 1 is 1.26 bits per heavy atom. The second-order valence-electron chi connectivity index (χ2n) is 6.72. The lowest BCUT2D eigenvalue weighted by molar-refractivity contribution is 0.297. The maximum Gasteiger partial charge on any atom is -0.0162 e. The number of hydrogen-bond acceptors (Lipinski definition) is 0. The highest BCUT2D eigenvalue weighted by Gasteiger charge is 2.23. The average Bonchev–Trinajstić information content (AvgIpc) is 2.46. The van der Waals surface area contributed by atoms with Crippen LogP contribution < -0.4 is 0 Å². The van der Waals surface area contributed by atoms with Crippen molar-refractivity contribution in [3.05, 3.63) is 35.5 Å². The van der Waals surface area contributed by atoms with E-state index in [2.05, 4.69) is 39.5 Å². The smallest absolute Gasteiger partial charge is 0.0162 e. The monoisotopic (exact) mass is 258 g/mol. The largest absolute Gasteiger partial charge is 0.0950 e. The predicted octanol–water partition coefficient (Wildman–Crippen LogP) is 6.06. The molecule has 1 fully saturated rings. The van der Waals surface area contributed by atoms with Crippen LogP contribution >= 0.6 is 0 Å². The van der Waals surface area contributed by atoms with Crippen LogP contribution in [0.5, 0.6) is 0 Å². The average molecular weight is 258 g/mol. The first-order valence-electron chi connectivity index (χ1n) is 8.21. The lowest BCUT2D eigenvalue weighted by Gasteiger charge is -2.30. The Morgan fingerprint density at radius 2 is 1.95 bits per heavy atom. The molecule has 0 radical (unpaired) electrons. The first kappa shape index (κ1) is 14.6. The highest BCUT2D eigenvalue weighted by Crippen LogP contribution is 2.38. The molecule has 0 aliphatic heterocycles. The van der Waals surface area contributed by atoms with Gasteiger partial charge in [0.05, 0.1) is 0 Å². The third-order valence-corrected chi connectivity index (χ3v) is 5.17. The summed E-state index contributed by atoms with van der Waals surface area (Å²) in [5, 5.41) is 0. The van der Waals surface area contributed by atoms with Crippen molar-refractivity contribution in [1.82, 2.24) is 0 Å².